The highest BCUT2D eigenvalue weighted by molar-refractivity contribution is 7.90. The second-order valence-corrected chi connectivity index (χ2v) is 5.56. The summed E-state index contributed by atoms with van der Waals surface area (Å²) in [6.45, 7) is 1.80. The second-order valence-electron chi connectivity index (χ2n) is 3.21. The van der Waals surface area contributed by atoms with Gasteiger partial charge in [0.1, 0.15) is 5.15 Å². The Morgan fingerprint density at radius 3 is 2.53 bits per heavy atom. The Hall–Kier alpha value is -0.650. The Morgan fingerprint density at radius 2 is 2.07 bits per heavy atom. The normalized spacial score (nSPS) is 13.9. The van der Waals surface area contributed by atoms with Gasteiger partial charge in [-0.2, -0.15) is 0 Å². The molecular weight excluding hydrogens is 238 g/mol. The molecule has 1 aromatic rings. The number of hydrogen-bond donors (Lipinski definition) is 0. The quantitative estimate of drug-likeness (QED) is 0.767. The molecule has 0 unspecified atom stereocenters. The highest BCUT2D eigenvalue weighted by Gasteiger charge is 2.14. The van der Waals surface area contributed by atoms with E-state index in [1.165, 1.54) is 6.07 Å². The SMILES string of the molecule is CO[C@@H](C)c1cc(Cl)nc(S(C)(=O)=O)c1. The van der Waals surface area contributed by atoms with Crippen molar-refractivity contribution in [3.63, 3.8) is 0 Å². The number of nitrogens with zero attached hydrogens (tertiary/aromatic N) is 1. The van der Waals surface area contributed by atoms with Gasteiger partial charge in [0.15, 0.2) is 14.9 Å². The van der Waals surface area contributed by atoms with Gasteiger partial charge >= 0.3 is 0 Å². The first-order valence-electron chi connectivity index (χ1n) is 4.25. The van der Waals surface area contributed by atoms with Crippen LogP contribution in [-0.4, -0.2) is 26.8 Å². The monoisotopic (exact) mass is 249 g/mol. The van der Waals surface area contributed by atoms with Crippen LogP contribution in [0.4, 0.5) is 0 Å². The van der Waals surface area contributed by atoms with Crippen molar-refractivity contribution in [2.75, 3.05) is 13.4 Å². The Bertz CT molecular complexity index is 458. The van der Waals surface area contributed by atoms with E-state index >= 15 is 0 Å². The van der Waals surface area contributed by atoms with Crippen molar-refractivity contribution < 1.29 is 13.2 Å². The number of ether oxygens (including phenoxy) is 1. The largest absolute Gasteiger partial charge is 0.377 e. The fourth-order valence-corrected chi connectivity index (χ4v) is 1.93. The van der Waals surface area contributed by atoms with E-state index in [0.717, 1.165) is 6.26 Å². The van der Waals surface area contributed by atoms with Gasteiger partial charge in [0, 0.05) is 13.4 Å². The maximum Gasteiger partial charge on any atom is 0.192 e. The molecule has 0 spiro atoms. The third-order valence-corrected chi connectivity index (χ3v) is 3.16. The highest BCUT2D eigenvalue weighted by Crippen LogP contribution is 2.21. The first-order valence-corrected chi connectivity index (χ1v) is 6.52. The molecule has 0 N–H and O–H groups in total. The molecule has 84 valence electrons. The van der Waals surface area contributed by atoms with Crippen molar-refractivity contribution in [1.82, 2.24) is 4.98 Å². The van der Waals surface area contributed by atoms with Gasteiger partial charge in [-0.25, -0.2) is 13.4 Å². The molecule has 0 aliphatic carbocycles. The number of hydrogen-bond acceptors (Lipinski definition) is 4. The maximum absolute atomic E-state index is 11.3. The van der Waals surface area contributed by atoms with Crippen molar-refractivity contribution in [3.8, 4) is 0 Å². The van der Waals surface area contributed by atoms with E-state index in [2.05, 4.69) is 4.98 Å². The van der Waals surface area contributed by atoms with Crippen molar-refractivity contribution >= 4 is 21.4 Å². The molecule has 1 atom stereocenters. The lowest BCUT2D eigenvalue weighted by atomic mass is 10.2. The summed E-state index contributed by atoms with van der Waals surface area (Å²) in [5.74, 6) is 0. The van der Waals surface area contributed by atoms with E-state index in [9.17, 15) is 8.42 Å². The van der Waals surface area contributed by atoms with Gasteiger partial charge in [-0.3, -0.25) is 0 Å². The topological polar surface area (TPSA) is 56.3 Å². The average Bonchev–Trinajstić information content (AvgIpc) is 2.14. The summed E-state index contributed by atoms with van der Waals surface area (Å²) in [5.41, 5.74) is 0.693. The molecule has 15 heavy (non-hydrogen) atoms. The van der Waals surface area contributed by atoms with Gasteiger partial charge in [-0.15, -0.1) is 0 Å². The number of rotatable bonds is 3. The molecule has 0 aliphatic rings. The minimum atomic E-state index is -3.34. The standard InChI is InChI=1S/C9H12ClNO3S/c1-6(14-2)7-4-8(10)11-9(5-7)15(3,12)13/h4-6H,1-3H3/t6-/m0/s1. The van der Waals surface area contributed by atoms with Crippen LogP contribution in [0.15, 0.2) is 17.2 Å². The van der Waals surface area contributed by atoms with Crippen molar-refractivity contribution in [2.24, 2.45) is 0 Å². The first-order chi connectivity index (χ1) is 6.84. The van der Waals surface area contributed by atoms with Crippen LogP contribution in [0.3, 0.4) is 0 Å². The molecular formula is C9H12ClNO3S. The summed E-state index contributed by atoms with van der Waals surface area (Å²) in [6, 6.07) is 3.06. The minimum Gasteiger partial charge on any atom is -0.377 e. The summed E-state index contributed by atoms with van der Waals surface area (Å²) in [4.78, 5) is 3.74. The summed E-state index contributed by atoms with van der Waals surface area (Å²) < 4.78 is 27.7. The Kier molecular flexibility index (Phi) is 3.70. The van der Waals surface area contributed by atoms with Crippen LogP contribution in [-0.2, 0) is 14.6 Å². The minimum absolute atomic E-state index is 0.0334. The van der Waals surface area contributed by atoms with Crippen LogP contribution in [0.1, 0.15) is 18.6 Å². The molecule has 0 bridgehead atoms. The number of aromatic nitrogens is 1. The van der Waals surface area contributed by atoms with Crippen LogP contribution in [0.2, 0.25) is 5.15 Å². The smallest absolute Gasteiger partial charge is 0.192 e. The Balaban J connectivity index is 3.29. The third-order valence-electron chi connectivity index (χ3n) is 2.00. The zero-order valence-electron chi connectivity index (χ0n) is 8.69. The maximum atomic E-state index is 11.3. The predicted molar refractivity (Wildman–Crippen MR) is 57.8 cm³/mol. The zero-order chi connectivity index (χ0) is 11.6. The molecule has 0 aliphatic heterocycles. The molecule has 0 saturated carbocycles. The van der Waals surface area contributed by atoms with Gasteiger partial charge in [0.2, 0.25) is 0 Å². The fraction of sp³-hybridized carbons (Fsp3) is 0.444. The molecule has 0 aromatic carbocycles. The summed E-state index contributed by atoms with van der Waals surface area (Å²) >= 11 is 5.73. The van der Waals surface area contributed by atoms with Crippen LogP contribution in [0.5, 0.6) is 0 Å². The van der Waals surface area contributed by atoms with Gasteiger partial charge in [0.05, 0.1) is 6.10 Å². The van der Waals surface area contributed by atoms with Crippen LogP contribution in [0.25, 0.3) is 0 Å². The molecule has 1 heterocycles. The van der Waals surface area contributed by atoms with Gasteiger partial charge < -0.3 is 4.74 Å². The second kappa shape index (κ2) is 4.47. The lowest BCUT2D eigenvalue weighted by Gasteiger charge is -2.10. The molecule has 0 saturated heterocycles. The molecule has 1 rings (SSSR count). The lowest BCUT2D eigenvalue weighted by molar-refractivity contribution is 0.119. The zero-order valence-corrected chi connectivity index (χ0v) is 10.3. The molecule has 0 radical (unpaired) electrons. The first kappa shape index (κ1) is 12.4. The molecule has 0 amide bonds. The Morgan fingerprint density at radius 1 is 1.47 bits per heavy atom. The number of sulfone groups is 1. The molecule has 4 nitrogen and oxygen atoms in total. The highest BCUT2D eigenvalue weighted by atomic mass is 35.5. The van der Waals surface area contributed by atoms with Crippen LogP contribution >= 0.6 is 11.6 Å². The van der Waals surface area contributed by atoms with E-state index < -0.39 is 9.84 Å². The van der Waals surface area contributed by atoms with E-state index in [4.69, 9.17) is 16.3 Å². The summed E-state index contributed by atoms with van der Waals surface area (Å²) in [7, 11) is -1.80. The predicted octanol–water partition coefficient (Wildman–Crippen LogP) is 1.85. The Labute approximate surface area is 94.2 Å². The van der Waals surface area contributed by atoms with Crippen LogP contribution < -0.4 is 0 Å². The van der Waals surface area contributed by atoms with E-state index in [1.807, 2.05) is 0 Å². The third kappa shape index (κ3) is 3.15. The van der Waals surface area contributed by atoms with E-state index in [1.54, 1.807) is 20.1 Å². The molecule has 0 fully saturated rings. The van der Waals surface area contributed by atoms with Crippen molar-refractivity contribution in [3.05, 3.63) is 22.8 Å². The summed E-state index contributed by atoms with van der Waals surface area (Å²) in [6.07, 6.45) is 0.874. The lowest BCUT2D eigenvalue weighted by Crippen LogP contribution is -2.04. The number of halogens is 1. The summed E-state index contributed by atoms with van der Waals surface area (Å²) in [5, 5.41) is 0.116. The van der Waals surface area contributed by atoms with Gasteiger partial charge in [0.25, 0.3) is 0 Å². The fourth-order valence-electron chi connectivity index (χ4n) is 1.05. The van der Waals surface area contributed by atoms with Crippen molar-refractivity contribution in [2.45, 2.75) is 18.1 Å². The average molecular weight is 250 g/mol. The number of pyridine rings is 1. The van der Waals surface area contributed by atoms with E-state index in [-0.39, 0.29) is 16.3 Å². The number of methoxy groups -OCH3 is 1. The van der Waals surface area contributed by atoms with Crippen molar-refractivity contribution in [1.29, 1.82) is 0 Å². The van der Waals surface area contributed by atoms with Crippen LogP contribution in [0, 0.1) is 0 Å². The van der Waals surface area contributed by atoms with Gasteiger partial charge in [-0.1, -0.05) is 11.6 Å². The van der Waals surface area contributed by atoms with E-state index in [0.29, 0.717) is 5.56 Å². The molecule has 6 heteroatoms. The molecule has 1 aromatic heterocycles. The van der Waals surface area contributed by atoms with Gasteiger partial charge in [-0.05, 0) is 24.6 Å².